The summed E-state index contributed by atoms with van der Waals surface area (Å²) in [4.78, 5) is 11.1. The zero-order chi connectivity index (χ0) is 13.5. The van der Waals surface area contributed by atoms with Crippen molar-refractivity contribution in [3.63, 3.8) is 0 Å². The molecular formula is C19H14O. The van der Waals surface area contributed by atoms with Crippen LogP contribution in [0.2, 0.25) is 0 Å². The molecule has 96 valence electrons. The predicted octanol–water partition coefficient (Wildman–Crippen LogP) is 2.48. The van der Waals surface area contributed by atoms with Crippen molar-refractivity contribution < 1.29 is 4.79 Å². The highest BCUT2D eigenvalue weighted by atomic mass is 16.1. The Hall–Kier alpha value is -2.37. The van der Waals surface area contributed by atoms with Crippen molar-refractivity contribution in [1.82, 2.24) is 0 Å². The minimum atomic E-state index is 0.811. The molecule has 0 heterocycles. The largest absolute Gasteiger partial charge is 0.233 e. The molecule has 2 aromatic rings. The second-order valence-electron chi connectivity index (χ2n) is 5.38. The van der Waals surface area contributed by atoms with E-state index >= 15 is 0 Å². The lowest BCUT2D eigenvalue weighted by Crippen LogP contribution is -2.33. The van der Waals surface area contributed by atoms with Crippen LogP contribution in [0.1, 0.15) is 24.0 Å². The first-order chi connectivity index (χ1) is 9.88. The van der Waals surface area contributed by atoms with Crippen LogP contribution in [0.3, 0.4) is 0 Å². The molecule has 2 aliphatic rings. The van der Waals surface area contributed by atoms with Gasteiger partial charge in [0.05, 0.1) is 0 Å². The lowest BCUT2D eigenvalue weighted by atomic mass is 9.85. The molecule has 1 nitrogen and oxygen atoms in total. The molecule has 0 saturated heterocycles. The van der Waals surface area contributed by atoms with E-state index in [2.05, 4.69) is 54.5 Å². The van der Waals surface area contributed by atoms with E-state index in [0.717, 1.165) is 30.4 Å². The van der Waals surface area contributed by atoms with Crippen molar-refractivity contribution in [3.8, 4) is 11.1 Å². The second-order valence-corrected chi connectivity index (χ2v) is 5.38. The summed E-state index contributed by atoms with van der Waals surface area (Å²) in [6.07, 6.45) is 7.27. The summed E-state index contributed by atoms with van der Waals surface area (Å²) in [5.74, 6) is 2.12. The van der Waals surface area contributed by atoms with Crippen molar-refractivity contribution in [2.75, 3.05) is 0 Å². The van der Waals surface area contributed by atoms with Crippen LogP contribution in [-0.2, 0) is 11.2 Å². The molecule has 0 amide bonds. The van der Waals surface area contributed by atoms with Crippen molar-refractivity contribution in [1.29, 1.82) is 0 Å². The Kier molecular flexibility index (Phi) is 2.48. The smallest absolute Gasteiger partial charge is 0.128 e. The SMILES string of the molecule is O=C=C1CCC=c2c1ccc1c2=CCc2ccccc2-1. The van der Waals surface area contributed by atoms with Gasteiger partial charge in [-0.25, -0.2) is 4.79 Å². The van der Waals surface area contributed by atoms with Crippen LogP contribution in [-0.4, -0.2) is 5.94 Å². The average Bonchev–Trinajstić information content (AvgIpc) is 2.53. The molecule has 1 heteroatoms. The van der Waals surface area contributed by atoms with Crippen molar-refractivity contribution in [3.05, 3.63) is 58.0 Å². The van der Waals surface area contributed by atoms with Gasteiger partial charge in [-0.15, -0.1) is 0 Å². The van der Waals surface area contributed by atoms with Crippen LogP contribution in [0, 0.1) is 0 Å². The summed E-state index contributed by atoms with van der Waals surface area (Å²) in [6, 6.07) is 12.8. The Balaban J connectivity index is 2.10. The van der Waals surface area contributed by atoms with Crippen LogP contribution in [0.15, 0.2) is 36.4 Å². The highest BCUT2D eigenvalue weighted by Gasteiger charge is 2.16. The van der Waals surface area contributed by atoms with E-state index in [1.165, 1.54) is 27.1 Å². The van der Waals surface area contributed by atoms with Crippen molar-refractivity contribution in [2.45, 2.75) is 19.3 Å². The van der Waals surface area contributed by atoms with Gasteiger partial charge in [-0.2, -0.15) is 0 Å². The van der Waals surface area contributed by atoms with E-state index in [0.29, 0.717) is 0 Å². The zero-order valence-electron chi connectivity index (χ0n) is 11.1. The first kappa shape index (κ1) is 11.5. The molecule has 4 rings (SSSR count). The molecule has 2 aliphatic carbocycles. The third-order valence-corrected chi connectivity index (χ3v) is 4.31. The van der Waals surface area contributed by atoms with Crippen LogP contribution in [0.5, 0.6) is 0 Å². The Morgan fingerprint density at radius 3 is 2.55 bits per heavy atom. The van der Waals surface area contributed by atoms with Gasteiger partial charge in [0.1, 0.15) is 5.94 Å². The normalized spacial score (nSPS) is 15.1. The topological polar surface area (TPSA) is 17.1 Å². The monoisotopic (exact) mass is 258 g/mol. The number of carbonyl (C=O) groups excluding carboxylic acids is 1. The third kappa shape index (κ3) is 1.54. The third-order valence-electron chi connectivity index (χ3n) is 4.31. The summed E-state index contributed by atoms with van der Waals surface area (Å²) in [5.41, 5.74) is 5.87. The molecule has 0 spiro atoms. The molecule has 2 aromatic carbocycles. The van der Waals surface area contributed by atoms with Crippen molar-refractivity contribution in [2.24, 2.45) is 0 Å². The highest BCUT2D eigenvalue weighted by molar-refractivity contribution is 5.90. The van der Waals surface area contributed by atoms with E-state index in [1.807, 2.05) is 0 Å². The summed E-state index contributed by atoms with van der Waals surface area (Å²) >= 11 is 0. The van der Waals surface area contributed by atoms with Gasteiger partial charge in [0.25, 0.3) is 0 Å². The highest BCUT2D eigenvalue weighted by Crippen LogP contribution is 2.26. The van der Waals surface area contributed by atoms with Gasteiger partial charge < -0.3 is 0 Å². The van der Waals surface area contributed by atoms with Gasteiger partial charge in [0.15, 0.2) is 0 Å². The maximum atomic E-state index is 11.1. The van der Waals surface area contributed by atoms with Crippen LogP contribution in [0.25, 0.3) is 28.9 Å². The first-order valence-corrected chi connectivity index (χ1v) is 7.04. The van der Waals surface area contributed by atoms with E-state index in [4.69, 9.17) is 0 Å². The Morgan fingerprint density at radius 1 is 0.850 bits per heavy atom. The lowest BCUT2D eigenvalue weighted by molar-refractivity contribution is 0.569. The fourth-order valence-electron chi connectivity index (χ4n) is 3.35. The fraction of sp³-hybridized carbons (Fsp3) is 0.158. The van der Waals surface area contributed by atoms with Crippen LogP contribution in [0.4, 0.5) is 0 Å². The first-order valence-electron chi connectivity index (χ1n) is 7.04. The van der Waals surface area contributed by atoms with Gasteiger partial charge in [0.2, 0.25) is 0 Å². The molecule has 0 bridgehead atoms. The van der Waals surface area contributed by atoms with Gasteiger partial charge in [0, 0.05) is 5.57 Å². The average molecular weight is 258 g/mol. The maximum Gasteiger partial charge on any atom is 0.128 e. The Bertz CT molecular complexity index is 880. The number of hydrogen-bond donors (Lipinski definition) is 0. The van der Waals surface area contributed by atoms with Crippen molar-refractivity contribution >= 4 is 23.7 Å². The van der Waals surface area contributed by atoms with E-state index in [-0.39, 0.29) is 0 Å². The molecule has 0 N–H and O–H groups in total. The molecule has 0 aromatic heterocycles. The number of allylic oxidation sites excluding steroid dienone is 1. The minimum Gasteiger partial charge on any atom is -0.233 e. The van der Waals surface area contributed by atoms with E-state index in [1.54, 1.807) is 0 Å². The molecule has 20 heavy (non-hydrogen) atoms. The molecule has 0 radical (unpaired) electrons. The summed E-state index contributed by atoms with van der Waals surface area (Å²) in [5, 5.41) is 2.51. The maximum absolute atomic E-state index is 11.1. The fourth-order valence-corrected chi connectivity index (χ4v) is 3.35. The Morgan fingerprint density at radius 2 is 1.65 bits per heavy atom. The van der Waals surface area contributed by atoms with Gasteiger partial charge in [-0.1, -0.05) is 48.6 Å². The lowest BCUT2D eigenvalue weighted by Gasteiger charge is -2.18. The molecule has 0 aliphatic heterocycles. The van der Waals surface area contributed by atoms with E-state index in [9.17, 15) is 4.79 Å². The summed E-state index contributed by atoms with van der Waals surface area (Å²) in [6.45, 7) is 0. The second kappa shape index (κ2) is 4.33. The standard InChI is InChI=1S/C19H14O/c20-12-14-5-3-7-17-16(14)10-11-18-15-6-2-1-4-13(15)8-9-19(17)18/h1-2,4,6-7,9-11H,3,5,8H2. The molecular weight excluding hydrogens is 244 g/mol. The summed E-state index contributed by atoms with van der Waals surface area (Å²) < 4.78 is 0. The number of hydrogen-bond acceptors (Lipinski definition) is 1. The molecule has 0 atom stereocenters. The number of benzene rings is 2. The van der Waals surface area contributed by atoms with Crippen LogP contribution < -0.4 is 10.4 Å². The molecule has 0 fully saturated rings. The van der Waals surface area contributed by atoms with Gasteiger partial charge >= 0.3 is 0 Å². The van der Waals surface area contributed by atoms with Crippen LogP contribution >= 0.6 is 0 Å². The molecule has 0 unspecified atom stereocenters. The van der Waals surface area contributed by atoms with Gasteiger partial charge in [-0.05, 0) is 52.0 Å². The predicted molar refractivity (Wildman–Crippen MR) is 82.1 cm³/mol. The number of fused-ring (bicyclic) bond motifs is 5. The van der Waals surface area contributed by atoms with Gasteiger partial charge in [-0.3, -0.25) is 0 Å². The Labute approximate surface area is 117 Å². The zero-order valence-corrected chi connectivity index (χ0v) is 11.1. The number of rotatable bonds is 0. The quantitative estimate of drug-likeness (QED) is 0.663. The molecule has 0 saturated carbocycles. The minimum absolute atomic E-state index is 0.811. The van der Waals surface area contributed by atoms with E-state index < -0.39 is 0 Å². The summed E-state index contributed by atoms with van der Waals surface area (Å²) in [7, 11) is 0.